The summed E-state index contributed by atoms with van der Waals surface area (Å²) in [5, 5.41) is 5.84. The van der Waals surface area contributed by atoms with Gasteiger partial charge in [0.1, 0.15) is 15.4 Å². The molecule has 2 fully saturated rings. The highest BCUT2D eigenvalue weighted by atomic mass is 32.1. The molecular formula is C20H22N4O3S. The molecule has 2 aromatic rings. The molecular weight excluding hydrogens is 376 g/mol. The number of nitrogens with zero attached hydrogens (tertiary/aromatic N) is 2. The molecule has 0 bridgehead atoms. The number of nitrogens with one attached hydrogen (secondary N) is 2. The molecule has 4 rings (SSSR count). The molecule has 1 aromatic heterocycles. The van der Waals surface area contributed by atoms with E-state index in [1.165, 1.54) is 16.9 Å². The number of hydrogen-bond donors (Lipinski definition) is 2. The number of amides is 4. The van der Waals surface area contributed by atoms with Crippen molar-refractivity contribution in [2.45, 2.75) is 38.6 Å². The van der Waals surface area contributed by atoms with E-state index < -0.39 is 11.6 Å². The second-order valence-electron chi connectivity index (χ2n) is 7.27. The Bertz CT molecular complexity index is 943. The van der Waals surface area contributed by atoms with Gasteiger partial charge in [-0.2, -0.15) is 0 Å². The summed E-state index contributed by atoms with van der Waals surface area (Å²) in [6.07, 6.45) is 1.81. The van der Waals surface area contributed by atoms with Gasteiger partial charge in [0, 0.05) is 18.7 Å². The van der Waals surface area contributed by atoms with Crippen LogP contribution in [0.2, 0.25) is 0 Å². The van der Waals surface area contributed by atoms with Crippen LogP contribution in [0.5, 0.6) is 0 Å². The minimum Gasteiger partial charge on any atom is -0.338 e. The van der Waals surface area contributed by atoms with E-state index >= 15 is 0 Å². The molecule has 28 heavy (non-hydrogen) atoms. The maximum absolute atomic E-state index is 13.0. The average molecular weight is 398 g/mol. The normalized spacial score (nSPS) is 18.3. The summed E-state index contributed by atoms with van der Waals surface area (Å²) in [5.41, 5.74) is 2.12. The topological polar surface area (TPSA) is 91.4 Å². The van der Waals surface area contributed by atoms with Gasteiger partial charge in [0.25, 0.3) is 11.8 Å². The van der Waals surface area contributed by atoms with Crippen molar-refractivity contribution in [2.75, 3.05) is 13.1 Å². The molecule has 0 atom stereocenters. The number of carbonyl (C=O) groups is 3. The molecule has 8 heteroatoms. The van der Waals surface area contributed by atoms with Crippen LogP contribution in [0.1, 0.15) is 40.7 Å². The molecule has 4 amide bonds. The third kappa shape index (κ3) is 3.17. The molecule has 1 aromatic carbocycles. The summed E-state index contributed by atoms with van der Waals surface area (Å²) in [7, 11) is 0. The summed E-state index contributed by atoms with van der Waals surface area (Å²) >= 11 is 1.40. The van der Waals surface area contributed by atoms with Crippen molar-refractivity contribution in [3.63, 3.8) is 0 Å². The van der Waals surface area contributed by atoms with Crippen molar-refractivity contribution in [1.82, 2.24) is 20.5 Å². The summed E-state index contributed by atoms with van der Waals surface area (Å²) in [5.74, 6) is -0.359. The van der Waals surface area contributed by atoms with Gasteiger partial charge in [-0.3, -0.25) is 14.9 Å². The van der Waals surface area contributed by atoms with Crippen LogP contribution in [0.4, 0.5) is 4.79 Å². The molecule has 2 aliphatic rings. The Morgan fingerprint density at radius 2 is 1.89 bits per heavy atom. The Kier molecular flexibility index (Phi) is 4.66. The van der Waals surface area contributed by atoms with E-state index in [0.717, 1.165) is 22.7 Å². The van der Waals surface area contributed by atoms with E-state index in [1.807, 2.05) is 19.1 Å². The van der Waals surface area contributed by atoms with Gasteiger partial charge in [0.2, 0.25) is 0 Å². The van der Waals surface area contributed by atoms with Crippen LogP contribution < -0.4 is 10.6 Å². The lowest BCUT2D eigenvalue weighted by atomic mass is 9.87. The maximum atomic E-state index is 13.0. The first-order chi connectivity index (χ1) is 13.4. The zero-order valence-electron chi connectivity index (χ0n) is 15.9. The SMILES string of the molecule is CCc1ccc(-c2nc(C)c(C(=O)N3CCC4(CC3)NC(=O)NC4=O)s2)cc1. The van der Waals surface area contributed by atoms with Gasteiger partial charge in [-0.15, -0.1) is 11.3 Å². The molecule has 0 aliphatic carbocycles. The lowest BCUT2D eigenvalue weighted by molar-refractivity contribution is -0.125. The van der Waals surface area contributed by atoms with E-state index in [0.29, 0.717) is 30.8 Å². The smallest absolute Gasteiger partial charge is 0.322 e. The van der Waals surface area contributed by atoms with E-state index in [1.54, 1.807) is 4.90 Å². The van der Waals surface area contributed by atoms with Gasteiger partial charge < -0.3 is 10.2 Å². The molecule has 2 saturated heterocycles. The Balaban J connectivity index is 1.49. The van der Waals surface area contributed by atoms with Crippen molar-refractivity contribution >= 4 is 29.2 Å². The molecule has 0 radical (unpaired) electrons. The van der Waals surface area contributed by atoms with Crippen LogP contribution in [0.15, 0.2) is 24.3 Å². The van der Waals surface area contributed by atoms with Gasteiger partial charge in [0.15, 0.2) is 0 Å². The van der Waals surface area contributed by atoms with Crippen molar-refractivity contribution in [3.05, 3.63) is 40.4 Å². The van der Waals surface area contributed by atoms with Gasteiger partial charge in [0.05, 0.1) is 5.69 Å². The first-order valence-electron chi connectivity index (χ1n) is 9.41. The largest absolute Gasteiger partial charge is 0.338 e. The number of hydrogen-bond acceptors (Lipinski definition) is 5. The lowest BCUT2D eigenvalue weighted by Gasteiger charge is -2.36. The second kappa shape index (κ2) is 7.01. The lowest BCUT2D eigenvalue weighted by Crippen LogP contribution is -2.55. The highest BCUT2D eigenvalue weighted by molar-refractivity contribution is 7.17. The van der Waals surface area contributed by atoms with Gasteiger partial charge in [-0.25, -0.2) is 9.78 Å². The maximum Gasteiger partial charge on any atom is 0.322 e. The van der Waals surface area contributed by atoms with E-state index in [4.69, 9.17) is 0 Å². The second-order valence-corrected chi connectivity index (χ2v) is 8.27. The highest BCUT2D eigenvalue weighted by Crippen LogP contribution is 2.31. The van der Waals surface area contributed by atoms with Gasteiger partial charge in [-0.05, 0) is 31.7 Å². The zero-order valence-corrected chi connectivity index (χ0v) is 16.7. The molecule has 3 heterocycles. The third-order valence-corrected chi connectivity index (χ3v) is 6.71. The molecule has 0 saturated carbocycles. The first-order valence-corrected chi connectivity index (χ1v) is 10.2. The number of rotatable bonds is 3. The van der Waals surface area contributed by atoms with Gasteiger partial charge >= 0.3 is 6.03 Å². The monoisotopic (exact) mass is 398 g/mol. The molecule has 2 N–H and O–H groups in total. The summed E-state index contributed by atoms with van der Waals surface area (Å²) in [6.45, 7) is 4.81. The molecule has 2 aliphatic heterocycles. The fourth-order valence-electron chi connectivity index (χ4n) is 3.72. The Morgan fingerprint density at radius 1 is 1.21 bits per heavy atom. The minimum absolute atomic E-state index is 0.0639. The Labute approximate surface area is 167 Å². The van der Waals surface area contributed by atoms with Crippen molar-refractivity contribution in [2.24, 2.45) is 0 Å². The number of thiazole rings is 1. The fraction of sp³-hybridized carbons (Fsp3) is 0.400. The van der Waals surface area contributed by atoms with Crippen LogP contribution in [-0.2, 0) is 11.2 Å². The number of imide groups is 1. The standard InChI is InChI=1S/C20H22N4O3S/c1-3-13-4-6-14(7-5-13)16-21-12(2)15(28-16)17(25)24-10-8-20(9-11-24)18(26)22-19(27)23-20/h4-7H,3,8-11H2,1-2H3,(H2,22,23,26,27). The number of urea groups is 1. The molecule has 1 spiro atoms. The van der Waals surface area contributed by atoms with Gasteiger partial charge in [-0.1, -0.05) is 31.2 Å². The van der Waals surface area contributed by atoms with E-state index in [2.05, 4.69) is 34.7 Å². The summed E-state index contributed by atoms with van der Waals surface area (Å²) in [4.78, 5) is 43.5. The van der Waals surface area contributed by atoms with Crippen molar-refractivity contribution in [3.8, 4) is 10.6 Å². The molecule has 7 nitrogen and oxygen atoms in total. The number of carbonyl (C=O) groups excluding carboxylic acids is 3. The molecule has 0 unspecified atom stereocenters. The van der Waals surface area contributed by atoms with Crippen LogP contribution in [0.25, 0.3) is 10.6 Å². The van der Waals surface area contributed by atoms with Crippen LogP contribution in [0, 0.1) is 6.92 Å². The predicted molar refractivity (Wildman–Crippen MR) is 106 cm³/mol. The fourth-order valence-corrected chi connectivity index (χ4v) is 4.76. The Morgan fingerprint density at radius 3 is 2.46 bits per heavy atom. The van der Waals surface area contributed by atoms with Crippen LogP contribution in [0.3, 0.4) is 0 Å². The summed E-state index contributed by atoms with van der Waals surface area (Å²) < 4.78 is 0. The van der Waals surface area contributed by atoms with Crippen molar-refractivity contribution in [1.29, 1.82) is 0 Å². The number of aromatic nitrogens is 1. The number of likely N-dealkylation sites (tertiary alicyclic amines) is 1. The third-order valence-electron chi connectivity index (χ3n) is 5.52. The highest BCUT2D eigenvalue weighted by Gasteiger charge is 2.48. The Hall–Kier alpha value is -2.74. The van der Waals surface area contributed by atoms with E-state index in [9.17, 15) is 14.4 Å². The quantitative estimate of drug-likeness (QED) is 0.777. The predicted octanol–water partition coefficient (Wildman–Crippen LogP) is 2.50. The van der Waals surface area contributed by atoms with Crippen LogP contribution >= 0.6 is 11.3 Å². The van der Waals surface area contributed by atoms with Crippen LogP contribution in [-0.4, -0.2) is 46.4 Å². The average Bonchev–Trinajstić information content (AvgIpc) is 3.21. The summed E-state index contributed by atoms with van der Waals surface area (Å²) in [6, 6.07) is 7.79. The van der Waals surface area contributed by atoms with Crippen molar-refractivity contribution < 1.29 is 14.4 Å². The minimum atomic E-state index is -0.872. The first kappa shape index (κ1) is 18.6. The number of aryl methyl sites for hydroxylation is 2. The number of piperidine rings is 1. The van der Waals surface area contributed by atoms with E-state index in [-0.39, 0.29) is 11.8 Å². The molecule has 146 valence electrons. The zero-order chi connectivity index (χ0) is 19.9. The number of benzene rings is 1.